The second-order valence-corrected chi connectivity index (χ2v) is 7.94. The number of phenols is 1. The van der Waals surface area contributed by atoms with Gasteiger partial charge in [0.05, 0.1) is 23.3 Å². The molecule has 2 N–H and O–H groups in total. The van der Waals surface area contributed by atoms with E-state index in [1.165, 1.54) is 35.7 Å². The predicted octanol–water partition coefficient (Wildman–Crippen LogP) is 3.34. The lowest BCUT2D eigenvalue weighted by Crippen LogP contribution is -2.30. The van der Waals surface area contributed by atoms with E-state index in [0.717, 1.165) is 0 Å². The Morgan fingerprint density at radius 2 is 1.85 bits per heavy atom. The van der Waals surface area contributed by atoms with Gasteiger partial charge in [0.15, 0.2) is 0 Å². The monoisotopic (exact) mass is 412 g/mol. The van der Waals surface area contributed by atoms with Crippen molar-refractivity contribution >= 4 is 33.2 Å². The molecular weight excluding hydrogens is 392 g/mol. The fourth-order valence-electron chi connectivity index (χ4n) is 2.54. The van der Waals surface area contributed by atoms with Gasteiger partial charge in [-0.25, -0.2) is 8.42 Å². The third kappa shape index (κ3) is 4.52. The molecule has 0 saturated carbocycles. The van der Waals surface area contributed by atoms with Crippen LogP contribution in [0.4, 0.5) is 5.69 Å². The summed E-state index contributed by atoms with van der Waals surface area (Å²) in [6.07, 6.45) is 0. The first kappa shape index (κ1) is 21.0. The van der Waals surface area contributed by atoms with Gasteiger partial charge in [-0.1, -0.05) is 25.4 Å². The number of hydrogen-bond donors (Lipinski definition) is 2. The summed E-state index contributed by atoms with van der Waals surface area (Å²) in [4.78, 5) is 12.6. The van der Waals surface area contributed by atoms with Crippen LogP contribution >= 0.6 is 11.6 Å². The van der Waals surface area contributed by atoms with Crippen LogP contribution in [0.15, 0.2) is 41.3 Å². The SMILES string of the molecule is CCN(CC)S(=O)(=O)c1ccc(O)c(NC(=O)c2cc(Cl)ccc2OC)c1. The fraction of sp³-hybridized carbons (Fsp3) is 0.278. The molecule has 146 valence electrons. The van der Waals surface area contributed by atoms with Gasteiger partial charge in [0.1, 0.15) is 11.5 Å². The Morgan fingerprint density at radius 3 is 2.44 bits per heavy atom. The molecule has 27 heavy (non-hydrogen) atoms. The van der Waals surface area contributed by atoms with Crippen molar-refractivity contribution < 1.29 is 23.1 Å². The maximum absolute atomic E-state index is 12.7. The lowest BCUT2D eigenvalue weighted by Gasteiger charge is -2.19. The number of aromatic hydroxyl groups is 1. The third-order valence-corrected chi connectivity index (χ3v) is 6.25. The zero-order valence-corrected chi connectivity index (χ0v) is 16.8. The van der Waals surface area contributed by atoms with Gasteiger partial charge >= 0.3 is 0 Å². The minimum Gasteiger partial charge on any atom is -0.506 e. The van der Waals surface area contributed by atoms with Crippen LogP contribution in [0.25, 0.3) is 0 Å². The average Bonchev–Trinajstić information content (AvgIpc) is 2.64. The molecule has 9 heteroatoms. The molecule has 0 spiro atoms. The molecule has 0 radical (unpaired) electrons. The second kappa shape index (κ2) is 8.60. The molecule has 0 bridgehead atoms. The molecule has 0 aliphatic carbocycles. The number of carbonyl (C=O) groups excluding carboxylic acids is 1. The summed E-state index contributed by atoms with van der Waals surface area (Å²) in [6.45, 7) is 4.08. The average molecular weight is 413 g/mol. The van der Waals surface area contributed by atoms with Crippen LogP contribution in [0.3, 0.4) is 0 Å². The molecule has 0 aromatic heterocycles. The number of benzene rings is 2. The minimum atomic E-state index is -3.74. The topological polar surface area (TPSA) is 95.9 Å². The van der Waals surface area contributed by atoms with E-state index in [4.69, 9.17) is 16.3 Å². The van der Waals surface area contributed by atoms with Crippen molar-refractivity contribution in [1.82, 2.24) is 4.31 Å². The minimum absolute atomic E-state index is 0.0302. The van der Waals surface area contributed by atoms with Gasteiger partial charge in [0.2, 0.25) is 10.0 Å². The molecule has 0 saturated heterocycles. The van der Waals surface area contributed by atoms with Crippen molar-refractivity contribution in [2.45, 2.75) is 18.7 Å². The van der Waals surface area contributed by atoms with E-state index in [9.17, 15) is 18.3 Å². The fourth-order valence-corrected chi connectivity index (χ4v) is 4.19. The first-order valence-corrected chi connectivity index (χ1v) is 10.0. The van der Waals surface area contributed by atoms with Gasteiger partial charge < -0.3 is 15.2 Å². The molecule has 0 heterocycles. The van der Waals surface area contributed by atoms with Gasteiger partial charge in [-0.2, -0.15) is 4.31 Å². The van der Waals surface area contributed by atoms with Crippen LogP contribution in [0.1, 0.15) is 24.2 Å². The number of hydrogen-bond acceptors (Lipinski definition) is 5. The number of nitrogens with zero attached hydrogens (tertiary/aromatic N) is 1. The number of carbonyl (C=O) groups is 1. The van der Waals surface area contributed by atoms with E-state index in [1.807, 2.05) is 0 Å². The number of rotatable bonds is 7. The number of amides is 1. The van der Waals surface area contributed by atoms with Crippen LogP contribution in [0.2, 0.25) is 5.02 Å². The van der Waals surface area contributed by atoms with Crippen molar-refractivity contribution in [3.63, 3.8) is 0 Å². The Labute approximate surface area is 163 Å². The summed E-state index contributed by atoms with van der Waals surface area (Å²) in [5.74, 6) is -0.562. The maximum atomic E-state index is 12.7. The van der Waals surface area contributed by atoms with Crippen LogP contribution in [-0.4, -0.2) is 43.9 Å². The second-order valence-electron chi connectivity index (χ2n) is 5.57. The Bertz CT molecular complexity index is 943. The molecule has 0 aliphatic heterocycles. The predicted molar refractivity (Wildman–Crippen MR) is 104 cm³/mol. The normalized spacial score (nSPS) is 11.4. The molecule has 2 aromatic carbocycles. The van der Waals surface area contributed by atoms with Crippen molar-refractivity contribution in [3.05, 3.63) is 47.0 Å². The largest absolute Gasteiger partial charge is 0.506 e. The molecule has 2 rings (SSSR count). The highest BCUT2D eigenvalue weighted by Gasteiger charge is 2.23. The van der Waals surface area contributed by atoms with Gasteiger partial charge in [0.25, 0.3) is 5.91 Å². The zero-order valence-electron chi connectivity index (χ0n) is 15.2. The van der Waals surface area contributed by atoms with Gasteiger partial charge in [-0.15, -0.1) is 0 Å². The standard InChI is InChI=1S/C18H21ClN2O5S/c1-4-21(5-2)27(24,25)13-7-8-16(22)15(11-13)20-18(23)14-10-12(19)6-9-17(14)26-3/h6-11,22H,4-5H2,1-3H3,(H,20,23). The van der Waals surface area contributed by atoms with Crippen LogP contribution in [0.5, 0.6) is 11.5 Å². The van der Waals surface area contributed by atoms with E-state index in [1.54, 1.807) is 26.0 Å². The van der Waals surface area contributed by atoms with E-state index in [2.05, 4.69) is 5.32 Å². The quantitative estimate of drug-likeness (QED) is 0.680. The number of ether oxygens (including phenoxy) is 1. The van der Waals surface area contributed by atoms with Gasteiger partial charge in [0, 0.05) is 18.1 Å². The molecule has 2 aromatic rings. The number of halogens is 1. The highest BCUT2D eigenvalue weighted by molar-refractivity contribution is 7.89. The van der Waals surface area contributed by atoms with Crippen LogP contribution in [-0.2, 0) is 10.0 Å². The number of methoxy groups -OCH3 is 1. The Balaban J connectivity index is 2.40. The molecule has 0 unspecified atom stereocenters. The molecule has 1 amide bonds. The smallest absolute Gasteiger partial charge is 0.259 e. The highest BCUT2D eigenvalue weighted by Crippen LogP contribution is 2.30. The Hall–Kier alpha value is -2.29. The molecule has 0 atom stereocenters. The van der Waals surface area contributed by atoms with Crippen LogP contribution < -0.4 is 10.1 Å². The first-order valence-electron chi connectivity index (χ1n) is 8.22. The van der Waals surface area contributed by atoms with Crippen LogP contribution in [0, 0.1) is 0 Å². The molecular formula is C18H21ClN2O5S. The van der Waals surface area contributed by atoms with Gasteiger partial charge in [-0.3, -0.25) is 4.79 Å². The number of anilines is 1. The van der Waals surface area contributed by atoms with E-state index < -0.39 is 15.9 Å². The highest BCUT2D eigenvalue weighted by atomic mass is 35.5. The summed E-state index contributed by atoms with van der Waals surface area (Å²) in [5.41, 5.74) is 0.122. The van der Waals surface area contributed by atoms with E-state index >= 15 is 0 Å². The Kier molecular flexibility index (Phi) is 6.69. The van der Waals surface area contributed by atoms with E-state index in [0.29, 0.717) is 23.9 Å². The molecule has 0 fully saturated rings. The molecule has 7 nitrogen and oxygen atoms in total. The lowest BCUT2D eigenvalue weighted by molar-refractivity contribution is 0.102. The summed E-state index contributed by atoms with van der Waals surface area (Å²) in [5, 5.41) is 12.9. The third-order valence-electron chi connectivity index (χ3n) is 3.97. The van der Waals surface area contributed by atoms with Gasteiger partial charge in [-0.05, 0) is 36.4 Å². The van der Waals surface area contributed by atoms with Crippen molar-refractivity contribution in [1.29, 1.82) is 0 Å². The number of nitrogens with one attached hydrogen (secondary N) is 1. The van der Waals surface area contributed by atoms with Crippen molar-refractivity contribution in [2.24, 2.45) is 0 Å². The summed E-state index contributed by atoms with van der Waals surface area (Å²) < 4.78 is 31.7. The lowest BCUT2D eigenvalue weighted by atomic mass is 10.1. The van der Waals surface area contributed by atoms with Crippen molar-refractivity contribution in [2.75, 3.05) is 25.5 Å². The van der Waals surface area contributed by atoms with Crippen molar-refractivity contribution in [3.8, 4) is 11.5 Å². The maximum Gasteiger partial charge on any atom is 0.259 e. The zero-order chi connectivity index (χ0) is 20.2. The summed E-state index contributed by atoms with van der Waals surface area (Å²) in [7, 11) is -2.32. The molecule has 0 aliphatic rings. The number of phenolic OH excluding ortho intramolecular Hbond substituents is 1. The first-order chi connectivity index (χ1) is 12.7. The Morgan fingerprint density at radius 1 is 1.19 bits per heavy atom. The van der Waals surface area contributed by atoms with E-state index in [-0.39, 0.29) is 21.9 Å². The number of sulfonamides is 1. The summed E-state index contributed by atoms with van der Waals surface area (Å²) >= 11 is 5.93. The summed E-state index contributed by atoms with van der Waals surface area (Å²) in [6, 6.07) is 8.27.